The van der Waals surface area contributed by atoms with Gasteiger partial charge in [0.2, 0.25) is 0 Å². The Hall–Kier alpha value is -2.62. The van der Waals surface area contributed by atoms with Crippen molar-refractivity contribution < 1.29 is 19.0 Å². The van der Waals surface area contributed by atoms with E-state index in [1.165, 1.54) is 25.3 Å². The number of ether oxygens (including phenoxy) is 1. The second-order valence-electron chi connectivity index (χ2n) is 4.08. The molecule has 0 fully saturated rings. The smallest absolute Gasteiger partial charge is 0.336 e. The number of hydrogen-bond donors (Lipinski definition) is 1. The molecule has 1 N–H and O–H groups in total. The average molecular weight is 272 g/mol. The fraction of sp³-hybridized carbons (Fsp3) is 0.0625. The summed E-state index contributed by atoms with van der Waals surface area (Å²) in [5.41, 5.74) is 0.523. The van der Waals surface area contributed by atoms with E-state index in [1.54, 1.807) is 36.4 Å². The van der Waals surface area contributed by atoms with Crippen LogP contribution < -0.4 is 4.74 Å². The van der Waals surface area contributed by atoms with Crippen LogP contribution in [0.4, 0.5) is 4.39 Å². The van der Waals surface area contributed by atoms with E-state index < -0.39 is 11.8 Å². The van der Waals surface area contributed by atoms with E-state index in [-0.39, 0.29) is 11.1 Å². The third kappa shape index (κ3) is 2.85. The average Bonchev–Trinajstić information content (AvgIpc) is 2.47. The minimum absolute atomic E-state index is 0.0471. The Morgan fingerprint density at radius 1 is 1.10 bits per heavy atom. The zero-order chi connectivity index (χ0) is 14.5. The van der Waals surface area contributed by atoms with Gasteiger partial charge in [-0.3, -0.25) is 0 Å². The molecule has 0 atom stereocenters. The van der Waals surface area contributed by atoms with E-state index in [4.69, 9.17) is 9.84 Å². The lowest BCUT2D eigenvalue weighted by Gasteiger charge is -2.06. The van der Waals surface area contributed by atoms with E-state index in [9.17, 15) is 9.18 Å². The lowest BCUT2D eigenvalue weighted by Crippen LogP contribution is -2.00. The predicted molar refractivity (Wildman–Crippen MR) is 75.4 cm³/mol. The van der Waals surface area contributed by atoms with Crippen LogP contribution in [0.3, 0.4) is 0 Å². The van der Waals surface area contributed by atoms with Crippen molar-refractivity contribution in [3.8, 4) is 5.75 Å². The Balaban J connectivity index is 2.48. The Labute approximate surface area is 115 Å². The summed E-state index contributed by atoms with van der Waals surface area (Å²) < 4.78 is 19.4. The van der Waals surface area contributed by atoms with Crippen molar-refractivity contribution in [2.45, 2.75) is 0 Å². The van der Waals surface area contributed by atoms with Gasteiger partial charge in [-0.2, -0.15) is 0 Å². The van der Waals surface area contributed by atoms with Crippen molar-refractivity contribution in [1.29, 1.82) is 0 Å². The van der Waals surface area contributed by atoms with Crippen LogP contribution in [0.2, 0.25) is 0 Å². The van der Waals surface area contributed by atoms with Crippen LogP contribution in [-0.2, 0) is 0 Å². The quantitative estimate of drug-likeness (QED) is 0.860. The number of benzene rings is 2. The fourth-order valence-corrected chi connectivity index (χ4v) is 1.88. The SMILES string of the molecule is COc1ccccc1C=C(F)c1ccccc1C(=O)O. The van der Waals surface area contributed by atoms with Crippen LogP contribution in [0.5, 0.6) is 5.75 Å². The zero-order valence-electron chi connectivity index (χ0n) is 10.8. The molecule has 2 aromatic rings. The summed E-state index contributed by atoms with van der Waals surface area (Å²) in [7, 11) is 1.50. The van der Waals surface area contributed by atoms with Crippen molar-refractivity contribution in [2.75, 3.05) is 7.11 Å². The lowest BCUT2D eigenvalue weighted by molar-refractivity contribution is 0.0696. The molecule has 0 saturated heterocycles. The molecule has 0 bridgehead atoms. The third-order valence-corrected chi connectivity index (χ3v) is 2.84. The maximum Gasteiger partial charge on any atom is 0.336 e. The highest BCUT2D eigenvalue weighted by Crippen LogP contribution is 2.27. The molecule has 3 nitrogen and oxygen atoms in total. The highest BCUT2D eigenvalue weighted by Gasteiger charge is 2.13. The van der Waals surface area contributed by atoms with Crippen molar-refractivity contribution in [3.05, 3.63) is 65.2 Å². The van der Waals surface area contributed by atoms with Gasteiger partial charge in [0.15, 0.2) is 0 Å². The van der Waals surface area contributed by atoms with Gasteiger partial charge in [0.1, 0.15) is 11.6 Å². The Kier molecular flexibility index (Phi) is 4.15. The van der Waals surface area contributed by atoms with Crippen LogP contribution in [0.25, 0.3) is 11.9 Å². The van der Waals surface area contributed by atoms with E-state index in [0.717, 1.165) is 0 Å². The first-order valence-electron chi connectivity index (χ1n) is 5.96. The number of carboxylic acid groups (broad SMARTS) is 1. The summed E-state index contributed by atoms with van der Waals surface area (Å²) in [6.45, 7) is 0. The largest absolute Gasteiger partial charge is 0.496 e. The van der Waals surface area contributed by atoms with Gasteiger partial charge in [0.05, 0.1) is 12.7 Å². The first kappa shape index (κ1) is 13.8. The standard InChI is InChI=1S/C16H13FO3/c1-20-15-9-5-2-6-11(15)10-14(17)12-7-3-4-8-13(12)16(18)19/h2-10H,1H3,(H,18,19). The molecule has 0 radical (unpaired) electrons. The first-order valence-corrected chi connectivity index (χ1v) is 5.96. The van der Waals surface area contributed by atoms with Crippen LogP contribution in [0.1, 0.15) is 21.5 Å². The van der Waals surface area contributed by atoms with Gasteiger partial charge in [-0.1, -0.05) is 36.4 Å². The van der Waals surface area contributed by atoms with Crippen LogP contribution in [-0.4, -0.2) is 18.2 Å². The minimum Gasteiger partial charge on any atom is -0.496 e. The molecule has 0 saturated carbocycles. The maximum absolute atomic E-state index is 14.3. The van der Waals surface area contributed by atoms with Crippen molar-refractivity contribution in [1.82, 2.24) is 0 Å². The molecular weight excluding hydrogens is 259 g/mol. The maximum atomic E-state index is 14.3. The number of para-hydroxylation sites is 1. The van der Waals surface area contributed by atoms with Crippen molar-refractivity contribution in [2.24, 2.45) is 0 Å². The summed E-state index contributed by atoms with van der Waals surface area (Å²) in [4.78, 5) is 11.1. The van der Waals surface area contributed by atoms with Crippen molar-refractivity contribution >= 4 is 17.9 Å². The summed E-state index contributed by atoms with van der Waals surface area (Å²) in [5.74, 6) is -1.26. The monoisotopic (exact) mass is 272 g/mol. The molecule has 0 spiro atoms. The molecule has 0 aromatic heterocycles. The molecule has 4 heteroatoms. The van der Waals surface area contributed by atoms with Crippen LogP contribution >= 0.6 is 0 Å². The van der Waals surface area contributed by atoms with Gasteiger partial charge in [-0.25, -0.2) is 9.18 Å². The molecule has 0 aliphatic carbocycles. The van der Waals surface area contributed by atoms with Gasteiger partial charge in [-0.05, 0) is 18.2 Å². The summed E-state index contributed by atoms with van der Waals surface area (Å²) in [5, 5.41) is 9.06. The highest BCUT2D eigenvalue weighted by molar-refractivity contribution is 5.95. The molecule has 0 aliphatic rings. The fourth-order valence-electron chi connectivity index (χ4n) is 1.88. The number of halogens is 1. The molecule has 0 aliphatic heterocycles. The van der Waals surface area contributed by atoms with Gasteiger partial charge in [-0.15, -0.1) is 0 Å². The molecule has 0 amide bonds. The normalized spacial score (nSPS) is 11.2. The number of carbonyl (C=O) groups is 1. The third-order valence-electron chi connectivity index (χ3n) is 2.84. The molecule has 102 valence electrons. The summed E-state index contributed by atoms with van der Waals surface area (Å²) >= 11 is 0. The van der Waals surface area contributed by atoms with E-state index in [2.05, 4.69) is 0 Å². The molecule has 0 heterocycles. The zero-order valence-corrected chi connectivity index (χ0v) is 10.8. The summed E-state index contributed by atoms with van der Waals surface area (Å²) in [6.07, 6.45) is 1.26. The number of methoxy groups -OCH3 is 1. The predicted octanol–water partition coefficient (Wildman–Crippen LogP) is 3.86. The molecule has 2 aromatic carbocycles. The van der Waals surface area contributed by atoms with Crippen LogP contribution in [0.15, 0.2) is 48.5 Å². The molecule has 0 unspecified atom stereocenters. The molecule has 2 rings (SSSR count). The Bertz CT molecular complexity index is 662. The minimum atomic E-state index is -1.16. The Morgan fingerprint density at radius 2 is 1.70 bits per heavy atom. The number of aromatic carboxylic acids is 1. The number of hydrogen-bond acceptors (Lipinski definition) is 2. The van der Waals surface area contributed by atoms with Gasteiger partial charge < -0.3 is 9.84 Å². The second kappa shape index (κ2) is 6.02. The topological polar surface area (TPSA) is 46.5 Å². The highest BCUT2D eigenvalue weighted by atomic mass is 19.1. The summed E-state index contributed by atoms with van der Waals surface area (Å²) in [6, 6.07) is 12.9. The van der Waals surface area contributed by atoms with Crippen molar-refractivity contribution in [3.63, 3.8) is 0 Å². The Morgan fingerprint density at radius 3 is 2.35 bits per heavy atom. The first-order chi connectivity index (χ1) is 9.63. The van der Waals surface area contributed by atoms with Gasteiger partial charge in [0, 0.05) is 11.1 Å². The second-order valence-corrected chi connectivity index (χ2v) is 4.08. The van der Waals surface area contributed by atoms with E-state index in [1.807, 2.05) is 0 Å². The number of carboxylic acids is 1. The number of rotatable bonds is 4. The van der Waals surface area contributed by atoms with Gasteiger partial charge >= 0.3 is 5.97 Å². The van der Waals surface area contributed by atoms with Crippen LogP contribution in [0, 0.1) is 0 Å². The molecule has 20 heavy (non-hydrogen) atoms. The van der Waals surface area contributed by atoms with Gasteiger partial charge in [0.25, 0.3) is 0 Å². The molecular formula is C16H13FO3. The van der Waals surface area contributed by atoms with E-state index >= 15 is 0 Å². The van der Waals surface area contributed by atoms with E-state index in [0.29, 0.717) is 11.3 Å². The lowest BCUT2D eigenvalue weighted by atomic mass is 10.0.